The molecule has 9 atom stereocenters. The minimum atomic E-state index is -0.217. The molecule has 0 aromatic heterocycles. The molecule has 0 aliphatic carbocycles. The van der Waals surface area contributed by atoms with E-state index in [0.717, 1.165) is 7.96 Å². The van der Waals surface area contributed by atoms with Crippen molar-refractivity contribution >= 4 is 88.3 Å². The summed E-state index contributed by atoms with van der Waals surface area (Å²) in [6.07, 6.45) is 0. The number of nitrogens with two attached hydrogens (primary N) is 1. The van der Waals surface area contributed by atoms with Gasteiger partial charge in [-0.25, -0.2) is 0 Å². The van der Waals surface area contributed by atoms with Gasteiger partial charge in [0.15, 0.2) is 0 Å². The molecule has 0 aromatic rings. The molecule has 0 aliphatic rings. The van der Waals surface area contributed by atoms with Crippen LogP contribution in [-0.4, -0.2) is 6.66 Å². The highest BCUT2D eigenvalue weighted by Gasteiger charge is 2.29. The average molecular weight is 383 g/mol. The Morgan fingerprint density at radius 3 is 1.62 bits per heavy atom. The van der Waals surface area contributed by atoms with Crippen molar-refractivity contribution in [2.45, 2.75) is 0 Å². The van der Waals surface area contributed by atoms with E-state index < -0.39 is 0 Å². The largest absolute Gasteiger partial charge is 0.306 e. The summed E-state index contributed by atoms with van der Waals surface area (Å²) in [4.78, 5) is 0. The monoisotopic (exact) mass is 383 g/mol. The second kappa shape index (κ2) is 9.60. The van der Waals surface area contributed by atoms with Crippen LogP contribution in [0.25, 0.3) is 0 Å². The Bertz CT molecular complexity index is 124. The maximum atomic E-state index is 6.14. The van der Waals surface area contributed by atoms with E-state index in [1.165, 1.54) is 0 Å². The molecule has 0 bridgehead atoms. The second-order valence-electron chi connectivity index (χ2n) is 2.02. The fourth-order valence-electron chi connectivity index (χ4n) is 0.605. The highest BCUT2D eigenvalue weighted by atomic mass is 33.2. The molecule has 2 N–H and O–H groups in total. The third-order valence-electron chi connectivity index (χ3n) is 0.992. The molecule has 0 heterocycles. The molecule has 0 rings (SSSR count). The summed E-state index contributed by atoms with van der Waals surface area (Å²) in [6, 6.07) is 0. The summed E-state index contributed by atoms with van der Waals surface area (Å²) in [5, 5.41) is 0. The van der Waals surface area contributed by atoms with Crippen LogP contribution in [0, 0.1) is 0 Å². The lowest BCUT2D eigenvalue weighted by atomic mass is 12.0. The van der Waals surface area contributed by atoms with Gasteiger partial charge in [-0.1, -0.05) is 7.96 Å². The third kappa shape index (κ3) is 7.00. The first-order valence-electron chi connectivity index (χ1n) is 3.05. The number of hydrogen-bond acceptors (Lipinski definition) is 1. The van der Waals surface area contributed by atoms with E-state index in [1.54, 1.807) is 0 Å². The van der Waals surface area contributed by atoms with Gasteiger partial charge in [-0.05, 0) is 35.4 Å². The summed E-state index contributed by atoms with van der Waals surface area (Å²) >= 11 is 0. The molecular weight excluding hydrogens is 367 g/mol. The van der Waals surface area contributed by atoms with Crippen LogP contribution in [0.3, 0.4) is 0 Å². The van der Waals surface area contributed by atoms with E-state index in [-0.39, 0.29) is 35.7 Å². The predicted molar refractivity (Wildman–Crippen MR) is 102 cm³/mol. The maximum Gasteiger partial charge on any atom is 0.00118 e. The van der Waals surface area contributed by atoms with Crippen molar-refractivity contribution in [3.05, 3.63) is 0 Å². The third-order valence-corrected chi connectivity index (χ3v) is 65.1. The normalized spacial score (nSPS) is 20.1. The molecule has 0 aromatic carbocycles. The van der Waals surface area contributed by atoms with Gasteiger partial charge in [-0.15, -0.1) is 44.6 Å². The summed E-state index contributed by atoms with van der Waals surface area (Å²) in [7, 11) is 15.7. The molecule has 0 saturated carbocycles. The fraction of sp³-hybridized carbons (Fsp3) is 1.00. The molecule has 1 nitrogen and oxygen atoms in total. The van der Waals surface area contributed by atoms with Crippen LogP contribution in [0.1, 0.15) is 0 Å². The molecule has 0 fully saturated rings. The van der Waals surface area contributed by atoms with Crippen LogP contribution < -0.4 is 5.50 Å². The van der Waals surface area contributed by atoms with Gasteiger partial charge in [0.05, 0.1) is 0 Å². The minimum absolute atomic E-state index is 0.0329. The Morgan fingerprint density at radius 2 is 1.54 bits per heavy atom. The van der Waals surface area contributed by atoms with E-state index in [1.807, 2.05) is 0 Å². The fourth-order valence-corrected chi connectivity index (χ4v) is 99.0. The lowest BCUT2D eigenvalue weighted by Gasteiger charge is -2.34. The van der Waals surface area contributed by atoms with Gasteiger partial charge < -0.3 is 5.50 Å². The van der Waals surface area contributed by atoms with Crippen molar-refractivity contribution in [2.24, 2.45) is 5.50 Å². The zero-order valence-corrected chi connectivity index (χ0v) is 18.4. The molecule has 0 radical (unpaired) electrons. The Morgan fingerprint density at radius 1 is 1.08 bits per heavy atom. The van der Waals surface area contributed by atoms with Crippen LogP contribution in [0.4, 0.5) is 0 Å². The smallest absolute Gasteiger partial charge is 0.00118 e. The Kier molecular flexibility index (Phi) is 13.1. The van der Waals surface area contributed by atoms with Crippen LogP contribution >= 0.6 is 88.3 Å². The standard InChI is InChI=1S/CH16NP11/c1-9(2)13(11(6)7)12(8-3)10(4)5/h8H,2-7H2,1H3. The molecule has 80 valence electrons. The Labute approximate surface area is 100 Å². The van der Waals surface area contributed by atoms with Crippen LogP contribution in [0.2, 0.25) is 0 Å². The zero-order chi connectivity index (χ0) is 10.6. The van der Waals surface area contributed by atoms with Crippen LogP contribution in [0.15, 0.2) is 0 Å². The van der Waals surface area contributed by atoms with E-state index in [2.05, 4.69) is 51.3 Å². The van der Waals surface area contributed by atoms with Crippen molar-refractivity contribution in [1.82, 2.24) is 0 Å². The molecule has 12 heteroatoms. The first-order valence-corrected chi connectivity index (χ1v) is 23.2. The van der Waals surface area contributed by atoms with Gasteiger partial charge in [0.25, 0.3) is 0 Å². The lowest BCUT2D eigenvalue weighted by molar-refractivity contribution is 1.97. The SMILES string of the molecule is CP(N)P(P(P)P)P(PP)P(P)P. The van der Waals surface area contributed by atoms with Gasteiger partial charge in [-0.2, -0.15) is 0 Å². The Balaban J connectivity index is 4.49. The summed E-state index contributed by atoms with van der Waals surface area (Å²) < 4.78 is 0. The first-order chi connectivity index (χ1) is 5.91. The lowest BCUT2D eigenvalue weighted by Crippen LogP contribution is -1.77. The predicted octanol–water partition coefficient (Wildman–Crippen LogP) is 6.10. The van der Waals surface area contributed by atoms with Crippen molar-refractivity contribution in [2.75, 3.05) is 6.66 Å². The van der Waals surface area contributed by atoms with Crippen LogP contribution in [-0.2, 0) is 0 Å². The van der Waals surface area contributed by atoms with Crippen molar-refractivity contribution in [3.63, 3.8) is 0 Å². The number of rotatable bonds is 5. The van der Waals surface area contributed by atoms with Gasteiger partial charge in [-0.3, -0.25) is 0 Å². The zero-order valence-electron chi connectivity index (χ0n) is 7.20. The van der Waals surface area contributed by atoms with Gasteiger partial charge >= 0.3 is 0 Å². The summed E-state index contributed by atoms with van der Waals surface area (Å²) in [5.74, 6) is 0. The highest BCUT2D eigenvalue weighted by Crippen LogP contribution is 3.14. The molecule has 0 amide bonds. The van der Waals surface area contributed by atoms with E-state index in [9.17, 15) is 0 Å². The molecule has 9 unspecified atom stereocenters. The number of hydrogen-bond donors (Lipinski definition) is 1. The Hall–Kier alpha value is 4.69. The first kappa shape index (κ1) is 17.7. The van der Waals surface area contributed by atoms with Gasteiger partial charge in [0, 0.05) is 6.99 Å². The average Bonchev–Trinajstić information content (AvgIpc) is 1.97. The molecule has 0 spiro atoms. The van der Waals surface area contributed by atoms with Gasteiger partial charge in [0.2, 0.25) is 0 Å². The minimum Gasteiger partial charge on any atom is -0.306 e. The second-order valence-corrected chi connectivity index (χ2v) is 42.7. The van der Waals surface area contributed by atoms with Crippen LogP contribution in [0.5, 0.6) is 0 Å². The quantitative estimate of drug-likeness (QED) is 0.571. The summed E-state index contributed by atoms with van der Waals surface area (Å²) in [5.41, 5.74) is 6.14. The topological polar surface area (TPSA) is 26.0 Å². The molecule has 0 saturated heterocycles. The summed E-state index contributed by atoms with van der Waals surface area (Å²) in [6.45, 7) is 2.62. The molecule has 13 heavy (non-hydrogen) atoms. The van der Waals surface area contributed by atoms with Crippen molar-refractivity contribution < 1.29 is 0 Å². The highest BCUT2D eigenvalue weighted by molar-refractivity contribution is 9.18. The maximum absolute atomic E-state index is 6.14. The van der Waals surface area contributed by atoms with Crippen molar-refractivity contribution in [3.8, 4) is 0 Å². The van der Waals surface area contributed by atoms with Gasteiger partial charge in [0.1, 0.15) is 0 Å². The van der Waals surface area contributed by atoms with Crippen molar-refractivity contribution in [1.29, 1.82) is 0 Å². The molecule has 0 aliphatic heterocycles. The van der Waals surface area contributed by atoms with E-state index in [4.69, 9.17) is 5.50 Å². The molecular formula is CH16NP11. The van der Waals surface area contributed by atoms with E-state index >= 15 is 0 Å². The van der Waals surface area contributed by atoms with E-state index in [0.29, 0.717) is 0 Å².